The summed E-state index contributed by atoms with van der Waals surface area (Å²) < 4.78 is 26.3. The number of imide groups is 1. The van der Waals surface area contributed by atoms with E-state index >= 15 is 0 Å². The highest BCUT2D eigenvalue weighted by Gasteiger charge is 2.47. The summed E-state index contributed by atoms with van der Waals surface area (Å²) in [5, 5.41) is 2.56. The zero-order valence-corrected chi connectivity index (χ0v) is 15.9. The predicted octanol–water partition coefficient (Wildman–Crippen LogP) is 0.793. The normalized spacial score (nSPS) is 22.1. The third kappa shape index (κ3) is 3.65. The lowest BCUT2D eigenvalue weighted by Gasteiger charge is -2.15. The topological polar surface area (TPSA) is 113 Å². The fraction of sp³-hybridized carbons (Fsp3) is 0.389. The van der Waals surface area contributed by atoms with Crippen LogP contribution in [0, 0.1) is 18.8 Å². The van der Waals surface area contributed by atoms with Crippen molar-refractivity contribution in [3.05, 3.63) is 35.9 Å². The second kappa shape index (κ2) is 7.24. The van der Waals surface area contributed by atoms with Crippen LogP contribution in [0.25, 0.3) is 0 Å². The number of benzene rings is 1. The maximum Gasteiger partial charge on any atom is 0.244 e. The number of sulfonamides is 1. The van der Waals surface area contributed by atoms with E-state index in [4.69, 9.17) is 0 Å². The minimum absolute atomic E-state index is 0.0493. The van der Waals surface area contributed by atoms with Crippen LogP contribution in [0.1, 0.15) is 18.4 Å². The number of hydrogen-bond acceptors (Lipinski definition) is 5. The number of likely N-dealkylation sites (tertiary alicyclic amines) is 1. The van der Waals surface area contributed by atoms with E-state index < -0.39 is 15.9 Å². The molecule has 27 heavy (non-hydrogen) atoms. The zero-order chi connectivity index (χ0) is 19.8. The van der Waals surface area contributed by atoms with Gasteiger partial charge in [-0.1, -0.05) is 18.2 Å². The second-order valence-electron chi connectivity index (χ2n) is 6.65. The second-order valence-corrected chi connectivity index (χ2v) is 8.51. The van der Waals surface area contributed by atoms with Crippen molar-refractivity contribution in [2.75, 3.05) is 18.9 Å². The predicted molar refractivity (Wildman–Crippen MR) is 98.1 cm³/mol. The summed E-state index contributed by atoms with van der Waals surface area (Å²) in [6, 6.07) is 4.49. The molecular weight excluding hydrogens is 370 g/mol. The van der Waals surface area contributed by atoms with E-state index in [0.29, 0.717) is 18.4 Å². The quantitative estimate of drug-likeness (QED) is 0.569. The van der Waals surface area contributed by atoms with E-state index in [9.17, 15) is 22.8 Å². The lowest BCUT2D eigenvalue weighted by molar-refractivity contribution is -0.142. The summed E-state index contributed by atoms with van der Waals surface area (Å²) in [7, 11) is -2.36. The monoisotopic (exact) mass is 391 g/mol. The lowest BCUT2D eigenvalue weighted by Crippen LogP contribution is -2.38. The Morgan fingerprint density at radius 3 is 2.30 bits per heavy atom. The van der Waals surface area contributed by atoms with Gasteiger partial charge in [0.1, 0.15) is 6.54 Å². The van der Waals surface area contributed by atoms with Crippen LogP contribution in [-0.2, 0) is 24.4 Å². The largest absolute Gasteiger partial charge is 0.324 e. The van der Waals surface area contributed by atoms with Gasteiger partial charge in [-0.05, 0) is 44.5 Å². The molecule has 0 radical (unpaired) electrons. The van der Waals surface area contributed by atoms with Crippen molar-refractivity contribution in [2.24, 2.45) is 11.8 Å². The van der Waals surface area contributed by atoms with Gasteiger partial charge in [0.05, 0.1) is 16.7 Å². The van der Waals surface area contributed by atoms with Crippen LogP contribution in [0.3, 0.4) is 0 Å². The molecule has 0 aromatic heterocycles. The van der Waals surface area contributed by atoms with Crippen molar-refractivity contribution in [1.82, 2.24) is 9.62 Å². The van der Waals surface area contributed by atoms with Crippen molar-refractivity contribution >= 4 is 33.4 Å². The summed E-state index contributed by atoms with van der Waals surface area (Å²) in [6.07, 6.45) is 4.78. The summed E-state index contributed by atoms with van der Waals surface area (Å²) >= 11 is 0. The standard InChI is InChI=1S/C18H21N3O5S/c1-11-7-8-12(9-15(11)27(25,26)19-2)20-16(22)10-21-17(23)13-5-3-4-6-14(13)18(21)24/h3-4,7-9,13-14,19H,5-6,10H2,1-2H3,(H,20,22)/t13-,14-/m0/s1. The lowest BCUT2D eigenvalue weighted by atomic mass is 9.85. The number of anilines is 1. The summed E-state index contributed by atoms with van der Waals surface area (Å²) in [6.45, 7) is 1.26. The van der Waals surface area contributed by atoms with Gasteiger partial charge < -0.3 is 5.32 Å². The van der Waals surface area contributed by atoms with E-state index in [1.165, 1.54) is 13.1 Å². The van der Waals surface area contributed by atoms with Crippen LogP contribution >= 0.6 is 0 Å². The Balaban J connectivity index is 1.73. The molecule has 1 aromatic carbocycles. The van der Waals surface area contributed by atoms with Crippen LogP contribution < -0.4 is 10.0 Å². The number of allylic oxidation sites excluding steroid dienone is 2. The minimum Gasteiger partial charge on any atom is -0.324 e. The van der Waals surface area contributed by atoms with Gasteiger partial charge in [0.15, 0.2) is 0 Å². The Bertz CT molecular complexity index is 912. The summed E-state index contributed by atoms with van der Waals surface area (Å²) in [5.41, 5.74) is 0.807. The van der Waals surface area contributed by atoms with Crippen molar-refractivity contribution < 1.29 is 22.8 Å². The Morgan fingerprint density at radius 2 is 1.74 bits per heavy atom. The SMILES string of the molecule is CNS(=O)(=O)c1cc(NC(=O)CN2C(=O)[C@H]3CC=CC[C@@H]3C2=O)ccc1C. The van der Waals surface area contributed by atoms with Gasteiger partial charge in [0.25, 0.3) is 0 Å². The van der Waals surface area contributed by atoms with E-state index in [2.05, 4.69) is 10.0 Å². The molecule has 0 unspecified atom stereocenters. The number of aryl methyl sites for hydroxylation is 1. The van der Waals surface area contributed by atoms with E-state index in [1.54, 1.807) is 19.1 Å². The molecule has 2 aliphatic rings. The number of nitrogens with one attached hydrogen (secondary N) is 2. The number of carbonyl (C=O) groups is 3. The molecule has 1 saturated heterocycles. The van der Waals surface area contributed by atoms with Crippen molar-refractivity contribution in [1.29, 1.82) is 0 Å². The molecular formula is C18H21N3O5S. The number of fused-ring (bicyclic) bond motifs is 1. The van der Waals surface area contributed by atoms with Gasteiger partial charge in [0.2, 0.25) is 27.7 Å². The molecule has 1 heterocycles. The summed E-state index contributed by atoms with van der Waals surface area (Å²) in [5.74, 6) is -1.98. The van der Waals surface area contributed by atoms with Gasteiger partial charge in [-0.15, -0.1) is 0 Å². The fourth-order valence-corrected chi connectivity index (χ4v) is 4.44. The molecule has 0 spiro atoms. The fourth-order valence-electron chi connectivity index (χ4n) is 3.45. The molecule has 1 aromatic rings. The average molecular weight is 391 g/mol. The molecule has 9 heteroatoms. The molecule has 2 N–H and O–H groups in total. The number of nitrogens with zero attached hydrogens (tertiary/aromatic N) is 1. The van der Waals surface area contributed by atoms with Gasteiger partial charge >= 0.3 is 0 Å². The van der Waals surface area contributed by atoms with E-state index in [1.807, 2.05) is 12.2 Å². The highest BCUT2D eigenvalue weighted by Crippen LogP contribution is 2.34. The van der Waals surface area contributed by atoms with Gasteiger partial charge in [-0.2, -0.15) is 0 Å². The Kier molecular flexibility index (Phi) is 5.16. The van der Waals surface area contributed by atoms with Crippen LogP contribution in [0.5, 0.6) is 0 Å². The molecule has 1 aliphatic carbocycles. The highest BCUT2D eigenvalue weighted by atomic mass is 32.2. The Morgan fingerprint density at radius 1 is 1.15 bits per heavy atom. The maximum absolute atomic E-state index is 12.4. The van der Waals surface area contributed by atoms with Gasteiger partial charge in [0, 0.05) is 5.69 Å². The van der Waals surface area contributed by atoms with Crippen LogP contribution in [-0.4, -0.2) is 44.6 Å². The number of hydrogen-bond donors (Lipinski definition) is 2. The van der Waals surface area contributed by atoms with Crippen LogP contribution in [0.15, 0.2) is 35.2 Å². The first-order chi connectivity index (χ1) is 12.7. The average Bonchev–Trinajstić information content (AvgIpc) is 2.88. The highest BCUT2D eigenvalue weighted by molar-refractivity contribution is 7.89. The molecule has 8 nitrogen and oxygen atoms in total. The molecule has 3 rings (SSSR count). The third-order valence-corrected chi connectivity index (χ3v) is 6.49. The third-order valence-electron chi connectivity index (χ3n) is 4.93. The molecule has 3 amide bonds. The van der Waals surface area contributed by atoms with Crippen LogP contribution in [0.2, 0.25) is 0 Å². The number of rotatable bonds is 5. The van der Waals surface area contributed by atoms with Crippen molar-refractivity contribution in [2.45, 2.75) is 24.7 Å². The maximum atomic E-state index is 12.4. The Hall–Kier alpha value is -2.52. The van der Waals surface area contributed by atoms with Crippen molar-refractivity contribution in [3.8, 4) is 0 Å². The van der Waals surface area contributed by atoms with Crippen molar-refractivity contribution in [3.63, 3.8) is 0 Å². The molecule has 2 atom stereocenters. The first-order valence-electron chi connectivity index (χ1n) is 8.59. The first-order valence-corrected chi connectivity index (χ1v) is 10.1. The molecule has 0 saturated carbocycles. The Labute approximate surface area is 157 Å². The molecule has 0 bridgehead atoms. The van der Waals surface area contributed by atoms with Gasteiger partial charge in [-0.3, -0.25) is 19.3 Å². The molecule has 1 aliphatic heterocycles. The molecule has 144 valence electrons. The number of amides is 3. The molecule has 1 fully saturated rings. The summed E-state index contributed by atoms with van der Waals surface area (Å²) in [4.78, 5) is 38.2. The smallest absolute Gasteiger partial charge is 0.244 e. The minimum atomic E-state index is -3.67. The van der Waals surface area contributed by atoms with Crippen LogP contribution in [0.4, 0.5) is 5.69 Å². The zero-order valence-electron chi connectivity index (χ0n) is 15.1. The number of carbonyl (C=O) groups excluding carboxylic acids is 3. The van der Waals surface area contributed by atoms with E-state index in [-0.39, 0.29) is 40.8 Å². The first kappa shape index (κ1) is 19.2. The van der Waals surface area contributed by atoms with E-state index in [0.717, 1.165) is 4.90 Å². The van der Waals surface area contributed by atoms with Gasteiger partial charge in [-0.25, -0.2) is 13.1 Å².